The van der Waals surface area contributed by atoms with E-state index in [1.165, 1.54) is 17.4 Å². The minimum Gasteiger partial charge on any atom is -0.454 e. The van der Waals surface area contributed by atoms with E-state index in [1.807, 2.05) is 30.3 Å². The molecule has 11 heteroatoms. The molecule has 1 N–H and O–H groups in total. The van der Waals surface area contributed by atoms with Gasteiger partial charge in [0.05, 0.1) is 11.9 Å². The minimum absolute atomic E-state index is 0.0684. The van der Waals surface area contributed by atoms with Crippen LogP contribution in [0.3, 0.4) is 0 Å². The van der Waals surface area contributed by atoms with Gasteiger partial charge in [-0.2, -0.15) is 0 Å². The van der Waals surface area contributed by atoms with E-state index in [0.29, 0.717) is 22.2 Å². The zero-order valence-corrected chi connectivity index (χ0v) is 16.9. The van der Waals surface area contributed by atoms with E-state index >= 15 is 0 Å². The van der Waals surface area contributed by atoms with Crippen LogP contribution in [0.4, 0.5) is 10.8 Å². The monoisotopic (exact) mass is 432 g/mol. The van der Waals surface area contributed by atoms with Crippen LogP contribution in [0.25, 0.3) is 10.6 Å². The first-order chi connectivity index (χ1) is 13.9. The van der Waals surface area contributed by atoms with Crippen molar-refractivity contribution in [3.8, 4) is 22.1 Å². The molecule has 1 amide bonds. The Balaban J connectivity index is 1.50. The number of benzene rings is 2. The third-order valence-electron chi connectivity index (χ3n) is 4.02. The van der Waals surface area contributed by atoms with E-state index in [2.05, 4.69) is 15.5 Å². The number of aromatic nitrogens is 2. The lowest BCUT2D eigenvalue weighted by Gasteiger charge is -2.21. The molecule has 1 aromatic heterocycles. The van der Waals surface area contributed by atoms with Gasteiger partial charge in [0.15, 0.2) is 11.5 Å². The zero-order chi connectivity index (χ0) is 20.4. The molecule has 1 aliphatic rings. The molecule has 150 valence electrons. The Hall–Kier alpha value is -3.18. The van der Waals surface area contributed by atoms with E-state index in [0.717, 1.165) is 16.1 Å². The van der Waals surface area contributed by atoms with Crippen molar-refractivity contribution in [2.45, 2.75) is 0 Å². The number of hydrogen-bond donors (Lipinski definition) is 1. The SMILES string of the molecule is CS(=O)(=O)N(CC(=O)Nc1nnc(-c2ccccc2)s1)c1ccc2c(c1)OCO2. The van der Waals surface area contributed by atoms with E-state index < -0.39 is 22.5 Å². The molecule has 0 unspecified atom stereocenters. The second kappa shape index (κ2) is 7.68. The summed E-state index contributed by atoms with van der Waals surface area (Å²) in [7, 11) is -3.72. The van der Waals surface area contributed by atoms with Crippen molar-refractivity contribution < 1.29 is 22.7 Å². The zero-order valence-electron chi connectivity index (χ0n) is 15.2. The van der Waals surface area contributed by atoms with Gasteiger partial charge in [-0.05, 0) is 12.1 Å². The number of fused-ring (bicyclic) bond motifs is 1. The Morgan fingerprint density at radius 1 is 1.14 bits per heavy atom. The number of hydrogen-bond acceptors (Lipinski definition) is 8. The van der Waals surface area contributed by atoms with E-state index in [1.54, 1.807) is 12.1 Å². The molecule has 0 saturated heterocycles. The van der Waals surface area contributed by atoms with Gasteiger partial charge in [-0.25, -0.2) is 8.42 Å². The molecule has 0 atom stereocenters. The maximum absolute atomic E-state index is 12.5. The van der Waals surface area contributed by atoms with E-state index in [9.17, 15) is 13.2 Å². The number of nitrogens with one attached hydrogen (secondary N) is 1. The summed E-state index contributed by atoms with van der Waals surface area (Å²) >= 11 is 1.20. The van der Waals surface area contributed by atoms with Gasteiger partial charge in [-0.3, -0.25) is 14.4 Å². The summed E-state index contributed by atoms with van der Waals surface area (Å²) in [5, 5.41) is 11.5. The minimum atomic E-state index is -3.72. The quantitative estimate of drug-likeness (QED) is 0.636. The van der Waals surface area contributed by atoms with Gasteiger partial charge in [0.2, 0.25) is 27.9 Å². The first-order valence-electron chi connectivity index (χ1n) is 8.46. The lowest BCUT2D eigenvalue weighted by atomic mass is 10.2. The molecule has 0 bridgehead atoms. The molecule has 0 spiro atoms. The summed E-state index contributed by atoms with van der Waals surface area (Å²) in [4.78, 5) is 12.5. The molecule has 0 aliphatic carbocycles. The summed E-state index contributed by atoms with van der Waals surface area (Å²) < 4.78 is 36.0. The van der Waals surface area contributed by atoms with Crippen LogP contribution in [-0.2, 0) is 14.8 Å². The fourth-order valence-electron chi connectivity index (χ4n) is 2.70. The van der Waals surface area contributed by atoms with Crippen LogP contribution in [0.15, 0.2) is 48.5 Å². The summed E-state index contributed by atoms with van der Waals surface area (Å²) in [5.74, 6) is 0.408. The van der Waals surface area contributed by atoms with E-state index in [4.69, 9.17) is 9.47 Å². The first kappa shape index (κ1) is 19.2. The summed E-state index contributed by atoms with van der Waals surface area (Å²) in [5.41, 5.74) is 1.18. The van der Waals surface area contributed by atoms with Crippen molar-refractivity contribution in [3.63, 3.8) is 0 Å². The average molecular weight is 432 g/mol. The second-order valence-corrected chi connectivity index (χ2v) is 9.02. The van der Waals surface area contributed by atoms with Gasteiger partial charge in [-0.15, -0.1) is 10.2 Å². The van der Waals surface area contributed by atoms with Crippen molar-refractivity contribution >= 4 is 38.1 Å². The molecule has 3 aromatic rings. The van der Waals surface area contributed by atoms with Gasteiger partial charge in [-0.1, -0.05) is 41.7 Å². The van der Waals surface area contributed by atoms with Crippen LogP contribution in [0.5, 0.6) is 11.5 Å². The van der Waals surface area contributed by atoms with Gasteiger partial charge in [0, 0.05) is 11.6 Å². The van der Waals surface area contributed by atoms with Crippen molar-refractivity contribution in [1.82, 2.24) is 10.2 Å². The number of nitrogens with zero attached hydrogens (tertiary/aromatic N) is 3. The number of ether oxygens (including phenoxy) is 2. The number of rotatable bonds is 6. The molecule has 4 rings (SSSR count). The molecule has 29 heavy (non-hydrogen) atoms. The molecule has 0 saturated carbocycles. The number of anilines is 2. The third kappa shape index (κ3) is 4.30. The van der Waals surface area contributed by atoms with Gasteiger partial charge in [0.25, 0.3) is 0 Å². The van der Waals surface area contributed by atoms with Crippen LogP contribution < -0.4 is 19.1 Å². The van der Waals surface area contributed by atoms with E-state index in [-0.39, 0.29) is 11.9 Å². The van der Waals surface area contributed by atoms with Crippen molar-refractivity contribution in [3.05, 3.63) is 48.5 Å². The van der Waals surface area contributed by atoms with Crippen molar-refractivity contribution in [1.29, 1.82) is 0 Å². The Labute approximate surface area is 171 Å². The van der Waals surface area contributed by atoms with Crippen LogP contribution in [0.2, 0.25) is 0 Å². The maximum Gasteiger partial charge on any atom is 0.246 e. The van der Waals surface area contributed by atoms with Gasteiger partial charge in [0.1, 0.15) is 11.6 Å². The smallest absolute Gasteiger partial charge is 0.246 e. The number of sulfonamides is 1. The first-order valence-corrected chi connectivity index (χ1v) is 11.1. The van der Waals surface area contributed by atoms with Crippen LogP contribution in [0.1, 0.15) is 0 Å². The Morgan fingerprint density at radius 2 is 1.90 bits per heavy atom. The second-order valence-electron chi connectivity index (χ2n) is 6.13. The summed E-state index contributed by atoms with van der Waals surface area (Å²) in [6.07, 6.45) is 1.03. The predicted molar refractivity (Wildman–Crippen MR) is 109 cm³/mol. The molecule has 9 nitrogen and oxygen atoms in total. The van der Waals surface area contributed by atoms with Crippen LogP contribution in [-0.4, -0.2) is 44.1 Å². The average Bonchev–Trinajstić information content (AvgIpc) is 3.34. The largest absolute Gasteiger partial charge is 0.454 e. The molecule has 2 aromatic carbocycles. The summed E-state index contributed by atoms with van der Waals surface area (Å²) in [6.45, 7) is -0.350. The van der Waals surface area contributed by atoms with Gasteiger partial charge < -0.3 is 9.47 Å². The normalized spacial score (nSPS) is 12.6. The molecule has 0 radical (unpaired) electrons. The van der Waals surface area contributed by atoms with Crippen LogP contribution in [0, 0.1) is 0 Å². The van der Waals surface area contributed by atoms with Crippen LogP contribution >= 0.6 is 11.3 Å². The molecular formula is C18H16N4O5S2. The Kier molecular flexibility index (Phi) is 5.07. The lowest BCUT2D eigenvalue weighted by Crippen LogP contribution is -2.37. The summed E-state index contributed by atoms with van der Waals surface area (Å²) in [6, 6.07) is 14.1. The van der Waals surface area contributed by atoms with Crippen molar-refractivity contribution in [2.75, 3.05) is 29.2 Å². The van der Waals surface area contributed by atoms with Gasteiger partial charge >= 0.3 is 0 Å². The predicted octanol–water partition coefficient (Wildman–Crippen LogP) is 2.34. The topological polar surface area (TPSA) is 111 Å². The molecule has 1 aliphatic heterocycles. The number of carbonyl (C=O) groups is 1. The fraction of sp³-hybridized carbons (Fsp3) is 0.167. The Bertz CT molecular complexity index is 1150. The molecule has 0 fully saturated rings. The highest BCUT2D eigenvalue weighted by Crippen LogP contribution is 2.36. The number of carbonyl (C=O) groups excluding carboxylic acids is 1. The highest BCUT2D eigenvalue weighted by atomic mass is 32.2. The molecular weight excluding hydrogens is 416 g/mol. The standard InChI is InChI=1S/C18H16N4O5S2/c1-29(24,25)22(13-7-8-14-15(9-13)27-11-26-14)10-16(23)19-18-21-20-17(28-18)12-5-3-2-4-6-12/h2-9H,10-11H2,1H3,(H,19,21,23). The fourth-order valence-corrected chi connectivity index (χ4v) is 4.31. The van der Waals surface area contributed by atoms with Crippen molar-refractivity contribution in [2.24, 2.45) is 0 Å². The highest BCUT2D eigenvalue weighted by Gasteiger charge is 2.24. The third-order valence-corrected chi connectivity index (χ3v) is 6.05. The molecule has 2 heterocycles. The Morgan fingerprint density at radius 3 is 2.66 bits per heavy atom. The maximum atomic E-state index is 12.5. The highest BCUT2D eigenvalue weighted by molar-refractivity contribution is 7.92. The number of amides is 1. The lowest BCUT2D eigenvalue weighted by molar-refractivity contribution is -0.114.